The number of ether oxygens (including phenoxy) is 2. The molecular weight excluding hydrogens is 456 g/mol. The van der Waals surface area contributed by atoms with E-state index in [-0.39, 0.29) is 6.10 Å². The molecule has 2 bridgehead atoms. The molecule has 0 radical (unpaired) electrons. The van der Waals surface area contributed by atoms with Crippen molar-refractivity contribution in [1.29, 1.82) is 0 Å². The predicted molar refractivity (Wildman–Crippen MR) is 136 cm³/mol. The maximum atomic E-state index is 6.56. The molecule has 0 spiro atoms. The number of aromatic nitrogens is 6. The van der Waals surface area contributed by atoms with Crippen LogP contribution in [0.5, 0.6) is 5.75 Å². The van der Waals surface area contributed by atoms with E-state index in [0.717, 1.165) is 60.1 Å². The van der Waals surface area contributed by atoms with E-state index >= 15 is 0 Å². The minimum absolute atomic E-state index is 0.121. The molecule has 186 valence electrons. The van der Waals surface area contributed by atoms with E-state index in [1.807, 2.05) is 55.9 Å². The fourth-order valence-electron chi connectivity index (χ4n) is 5.17. The highest BCUT2D eigenvalue weighted by atomic mass is 16.5. The van der Waals surface area contributed by atoms with Gasteiger partial charge in [-0.25, -0.2) is 15.0 Å². The number of anilines is 2. The van der Waals surface area contributed by atoms with Crippen molar-refractivity contribution >= 4 is 17.3 Å². The van der Waals surface area contributed by atoms with Crippen LogP contribution >= 0.6 is 0 Å². The normalized spacial score (nSPS) is 22.1. The second kappa shape index (κ2) is 9.11. The van der Waals surface area contributed by atoms with Crippen molar-refractivity contribution in [3.63, 3.8) is 0 Å². The second-order valence-electron chi connectivity index (χ2n) is 9.77. The summed E-state index contributed by atoms with van der Waals surface area (Å²) < 4.78 is 14.3. The van der Waals surface area contributed by atoms with Crippen LogP contribution in [0.4, 0.5) is 11.6 Å². The van der Waals surface area contributed by atoms with Gasteiger partial charge < -0.3 is 19.2 Å². The minimum Gasteiger partial charge on any atom is -0.488 e. The smallest absolute Gasteiger partial charge is 0.157 e. The number of nitrogens with one attached hydrogen (secondary N) is 1. The lowest BCUT2D eigenvalue weighted by molar-refractivity contribution is -0.0879. The molecule has 4 aromatic rings. The number of piperidine rings is 1. The molecule has 6 heterocycles. The highest BCUT2D eigenvalue weighted by Gasteiger charge is 2.38. The molecule has 0 amide bonds. The van der Waals surface area contributed by atoms with Crippen molar-refractivity contribution in [1.82, 2.24) is 34.2 Å². The van der Waals surface area contributed by atoms with E-state index in [9.17, 15) is 0 Å². The average molecular weight is 487 g/mol. The van der Waals surface area contributed by atoms with Crippen molar-refractivity contribution in [3.05, 3.63) is 54.1 Å². The van der Waals surface area contributed by atoms with Crippen LogP contribution < -0.4 is 10.1 Å². The molecule has 2 aliphatic heterocycles. The van der Waals surface area contributed by atoms with Crippen LogP contribution in [-0.4, -0.2) is 72.7 Å². The van der Waals surface area contributed by atoms with Gasteiger partial charge in [-0.05, 0) is 33.9 Å². The maximum absolute atomic E-state index is 6.56. The number of rotatable bonds is 5. The third-order valence-electron chi connectivity index (χ3n) is 6.98. The molecule has 4 aromatic heterocycles. The molecule has 36 heavy (non-hydrogen) atoms. The molecule has 10 nitrogen and oxygen atoms in total. The average Bonchev–Trinajstić information content (AvgIpc) is 3.21. The van der Waals surface area contributed by atoms with Crippen LogP contribution in [0.15, 0.2) is 36.9 Å². The molecule has 1 unspecified atom stereocenters. The van der Waals surface area contributed by atoms with Crippen LogP contribution in [0.25, 0.3) is 16.9 Å². The topological polar surface area (TPSA) is 103 Å². The van der Waals surface area contributed by atoms with Crippen molar-refractivity contribution in [3.8, 4) is 17.0 Å². The largest absolute Gasteiger partial charge is 0.488 e. The van der Waals surface area contributed by atoms with E-state index in [4.69, 9.17) is 14.5 Å². The summed E-state index contributed by atoms with van der Waals surface area (Å²) in [5, 5.41) is 3.27. The predicted octanol–water partition coefficient (Wildman–Crippen LogP) is 3.49. The number of pyridine rings is 1. The zero-order valence-corrected chi connectivity index (χ0v) is 21.0. The Morgan fingerprint density at radius 1 is 0.917 bits per heavy atom. The van der Waals surface area contributed by atoms with Gasteiger partial charge in [0.1, 0.15) is 23.5 Å². The Kier molecular flexibility index (Phi) is 5.77. The number of imidazole rings is 1. The monoisotopic (exact) mass is 486 g/mol. The van der Waals surface area contributed by atoms with Crippen LogP contribution in [0.3, 0.4) is 0 Å². The van der Waals surface area contributed by atoms with Gasteiger partial charge in [-0.2, -0.15) is 0 Å². The number of nitrogens with zero attached hydrogens (tertiary/aromatic N) is 7. The van der Waals surface area contributed by atoms with Crippen LogP contribution in [0, 0.1) is 20.8 Å². The number of hydrogen-bond donors (Lipinski definition) is 1. The first-order chi connectivity index (χ1) is 17.4. The summed E-state index contributed by atoms with van der Waals surface area (Å²) in [5.41, 5.74) is 4.28. The number of morpholine rings is 1. The third-order valence-corrected chi connectivity index (χ3v) is 6.98. The Morgan fingerprint density at radius 2 is 1.72 bits per heavy atom. The number of likely N-dealkylation sites (N-methyl/N-ethyl adjacent to an activating group) is 1. The summed E-state index contributed by atoms with van der Waals surface area (Å²) in [6.07, 6.45) is 9.49. The first-order valence-corrected chi connectivity index (χ1v) is 12.3. The third kappa shape index (κ3) is 4.49. The zero-order chi connectivity index (χ0) is 24.8. The lowest BCUT2D eigenvalue weighted by Gasteiger charge is -2.46. The minimum atomic E-state index is 0.121. The van der Waals surface area contributed by atoms with Gasteiger partial charge in [0.25, 0.3) is 0 Å². The molecule has 0 aromatic carbocycles. The van der Waals surface area contributed by atoms with Gasteiger partial charge >= 0.3 is 0 Å². The summed E-state index contributed by atoms with van der Waals surface area (Å²) in [4.78, 5) is 25.1. The van der Waals surface area contributed by atoms with Gasteiger partial charge in [0.05, 0.1) is 37.5 Å². The quantitative estimate of drug-likeness (QED) is 0.454. The standard InChI is InChI=1S/C26H30N8O2/c1-15-5-21(23(9-27-15)36-20-7-18-13-35-14-19(8-20)33(18)4)22-11-34-12-25(32-26(34)10-28-22)31-24-6-16(2)29-17(3)30-24/h5-6,9-12,18-20H,7-8,13-14H2,1-4H3,(H,29,30,31)/t18-,19+,20?. The lowest BCUT2D eigenvalue weighted by atomic mass is 9.92. The molecule has 1 N–H and O–H groups in total. The van der Waals surface area contributed by atoms with Gasteiger partial charge in [-0.1, -0.05) is 0 Å². The molecule has 3 atom stereocenters. The van der Waals surface area contributed by atoms with Gasteiger partial charge in [0.15, 0.2) is 11.5 Å². The van der Waals surface area contributed by atoms with Crippen molar-refractivity contribution in [2.24, 2.45) is 0 Å². The summed E-state index contributed by atoms with van der Waals surface area (Å²) >= 11 is 0. The van der Waals surface area contributed by atoms with E-state index < -0.39 is 0 Å². The summed E-state index contributed by atoms with van der Waals surface area (Å²) in [5.74, 6) is 2.87. The van der Waals surface area contributed by atoms with Crippen molar-refractivity contribution < 1.29 is 9.47 Å². The Labute approximate surface area is 209 Å². The van der Waals surface area contributed by atoms with E-state index in [1.54, 1.807) is 6.20 Å². The SMILES string of the molecule is Cc1cc(-c2cn3cc(Nc4cc(C)nc(C)n4)nc3cn2)c(OC2C[C@H]3COC[C@@H](C2)N3C)cn1. The zero-order valence-electron chi connectivity index (χ0n) is 21.0. The van der Waals surface area contributed by atoms with E-state index in [0.29, 0.717) is 29.5 Å². The summed E-state index contributed by atoms with van der Waals surface area (Å²) in [6, 6.07) is 4.70. The number of fused-ring (bicyclic) bond motifs is 3. The summed E-state index contributed by atoms with van der Waals surface area (Å²) in [7, 11) is 2.19. The molecule has 10 heteroatoms. The molecule has 6 rings (SSSR count). The van der Waals surface area contributed by atoms with Crippen molar-refractivity contribution in [2.75, 3.05) is 25.6 Å². The van der Waals surface area contributed by atoms with E-state index in [2.05, 4.69) is 37.2 Å². The van der Waals surface area contributed by atoms with Crippen LogP contribution in [0.1, 0.15) is 30.1 Å². The Morgan fingerprint density at radius 3 is 2.50 bits per heavy atom. The summed E-state index contributed by atoms with van der Waals surface area (Å²) in [6.45, 7) is 7.32. The fourth-order valence-corrected chi connectivity index (χ4v) is 5.17. The highest BCUT2D eigenvalue weighted by Crippen LogP contribution is 2.34. The van der Waals surface area contributed by atoms with Gasteiger partial charge in [-0.15, -0.1) is 0 Å². The first kappa shape index (κ1) is 22.8. The number of hydrogen-bond acceptors (Lipinski definition) is 9. The molecular formula is C26H30N8O2. The fraction of sp³-hybridized carbons (Fsp3) is 0.423. The Hall–Kier alpha value is -3.63. The Bertz CT molecular complexity index is 1390. The van der Waals surface area contributed by atoms with Crippen molar-refractivity contribution in [2.45, 2.75) is 51.8 Å². The van der Waals surface area contributed by atoms with Gasteiger partial charge in [0.2, 0.25) is 0 Å². The second-order valence-corrected chi connectivity index (χ2v) is 9.77. The molecule has 0 aliphatic carbocycles. The van der Waals surface area contributed by atoms with Gasteiger partial charge in [0, 0.05) is 54.1 Å². The Balaban J connectivity index is 1.28. The van der Waals surface area contributed by atoms with Crippen LogP contribution in [0.2, 0.25) is 0 Å². The van der Waals surface area contributed by atoms with E-state index in [1.165, 1.54) is 0 Å². The molecule has 0 saturated carbocycles. The van der Waals surface area contributed by atoms with Crippen LogP contribution in [-0.2, 0) is 4.74 Å². The molecule has 2 fully saturated rings. The highest BCUT2D eigenvalue weighted by molar-refractivity contribution is 5.68. The molecule has 2 aliphatic rings. The van der Waals surface area contributed by atoms with Gasteiger partial charge in [-0.3, -0.25) is 14.9 Å². The first-order valence-electron chi connectivity index (χ1n) is 12.3. The molecule has 2 saturated heterocycles. The maximum Gasteiger partial charge on any atom is 0.157 e. The lowest BCUT2D eigenvalue weighted by Crippen LogP contribution is -2.57. The number of aryl methyl sites for hydroxylation is 3.